The van der Waals surface area contributed by atoms with Crippen LogP contribution in [0.4, 0.5) is 31.4 Å². The molecule has 0 fully saturated rings. The number of isocyanates is 3. The number of benzene rings is 3. The molecule has 0 aliphatic heterocycles. The van der Waals surface area contributed by atoms with Gasteiger partial charge in [-0.15, -0.1) is 0 Å². The molecule has 51 heavy (non-hydrogen) atoms. The third-order valence-corrected chi connectivity index (χ3v) is 7.78. The largest absolute Gasteiger partial charge is 0.449 e. The van der Waals surface area contributed by atoms with Gasteiger partial charge in [0.1, 0.15) is 19.8 Å². The first kappa shape index (κ1) is 39.1. The predicted octanol–water partition coefficient (Wildman–Crippen LogP) is 6.09. The van der Waals surface area contributed by atoms with Crippen molar-refractivity contribution in [2.75, 3.05) is 41.0 Å². The van der Waals surface area contributed by atoms with Crippen LogP contribution in [-0.2, 0) is 48.2 Å². The lowest BCUT2D eigenvalue weighted by Gasteiger charge is -2.33. The van der Waals surface area contributed by atoms with Crippen molar-refractivity contribution < 1.29 is 43.0 Å². The van der Waals surface area contributed by atoms with Crippen LogP contribution in [0, 0.1) is 5.41 Å². The Labute approximate surface area is 294 Å². The predicted molar refractivity (Wildman–Crippen MR) is 184 cm³/mol. The molecule has 0 heterocycles. The van der Waals surface area contributed by atoms with E-state index in [1.165, 1.54) is 32.9 Å². The Hall–Kier alpha value is -6.39. The van der Waals surface area contributed by atoms with Crippen molar-refractivity contribution in [3.05, 3.63) is 89.5 Å². The van der Waals surface area contributed by atoms with Gasteiger partial charge in [-0.25, -0.2) is 28.8 Å². The minimum absolute atomic E-state index is 0.188. The van der Waals surface area contributed by atoms with Crippen molar-refractivity contribution in [2.24, 2.45) is 20.4 Å². The lowest BCUT2D eigenvalue weighted by atomic mass is 9.88. The van der Waals surface area contributed by atoms with Crippen LogP contribution in [0.15, 0.2) is 87.8 Å². The molecular formula is C36H38N6O9. The fourth-order valence-corrected chi connectivity index (χ4v) is 4.61. The summed E-state index contributed by atoms with van der Waals surface area (Å²) >= 11 is 0. The molecule has 0 bridgehead atoms. The molecule has 0 aromatic heterocycles. The van der Waals surface area contributed by atoms with Crippen LogP contribution in [0.2, 0.25) is 0 Å². The SMILES string of the molecule is CCC(COC(=O)N(C)Cc1ccc(N=C=O)cc1)(COC(=O)N(C)Cc1ccc(N=C=O)cc1)COC(=O)N(C)Cc1ccc(N=C=O)cc1. The summed E-state index contributed by atoms with van der Waals surface area (Å²) in [6.45, 7) is 1.62. The summed E-state index contributed by atoms with van der Waals surface area (Å²) in [6.07, 6.45) is 2.72. The van der Waals surface area contributed by atoms with Crippen LogP contribution in [0.25, 0.3) is 0 Å². The van der Waals surface area contributed by atoms with E-state index in [-0.39, 0.29) is 39.5 Å². The highest BCUT2D eigenvalue weighted by atomic mass is 16.6. The minimum atomic E-state index is -1.11. The topological polar surface area (TPSA) is 177 Å². The van der Waals surface area contributed by atoms with Gasteiger partial charge in [-0.1, -0.05) is 43.3 Å². The number of ether oxygens (including phenoxy) is 3. The van der Waals surface area contributed by atoms with Crippen LogP contribution >= 0.6 is 0 Å². The maximum Gasteiger partial charge on any atom is 0.409 e. The van der Waals surface area contributed by atoms with Crippen LogP contribution < -0.4 is 0 Å². The van der Waals surface area contributed by atoms with Gasteiger partial charge in [-0.05, 0) is 59.5 Å². The number of amides is 3. The Bertz CT molecular complexity index is 1570. The second-order valence-electron chi connectivity index (χ2n) is 11.7. The number of nitrogens with zero attached hydrogens (tertiary/aromatic N) is 6. The molecule has 3 aromatic rings. The minimum Gasteiger partial charge on any atom is -0.449 e. The van der Waals surface area contributed by atoms with Gasteiger partial charge in [0.2, 0.25) is 18.2 Å². The lowest BCUT2D eigenvalue weighted by molar-refractivity contribution is -0.0326. The smallest absolute Gasteiger partial charge is 0.409 e. The van der Waals surface area contributed by atoms with E-state index in [1.54, 1.807) is 101 Å². The quantitative estimate of drug-likeness (QED) is 0.0973. The molecule has 15 heteroatoms. The number of hydrogen-bond acceptors (Lipinski definition) is 12. The van der Waals surface area contributed by atoms with Crippen LogP contribution in [0.5, 0.6) is 0 Å². The molecule has 15 nitrogen and oxygen atoms in total. The molecule has 3 amide bonds. The molecule has 0 N–H and O–H groups in total. The monoisotopic (exact) mass is 698 g/mol. The molecule has 3 aromatic carbocycles. The highest BCUT2D eigenvalue weighted by Gasteiger charge is 2.35. The van der Waals surface area contributed by atoms with E-state index in [4.69, 9.17) is 14.2 Å². The third-order valence-electron chi connectivity index (χ3n) is 7.78. The summed E-state index contributed by atoms with van der Waals surface area (Å²) in [4.78, 5) is 85.3. The molecule has 0 spiro atoms. The molecule has 0 aliphatic carbocycles. The zero-order valence-corrected chi connectivity index (χ0v) is 28.7. The number of rotatable bonds is 16. The number of carbonyl (C=O) groups is 3. The zero-order valence-electron chi connectivity index (χ0n) is 28.7. The van der Waals surface area contributed by atoms with Crippen molar-refractivity contribution >= 4 is 53.6 Å². The summed E-state index contributed by atoms with van der Waals surface area (Å²) in [6, 6.07) is 20.0. The van der Waals surface area contributed by atoms with Crippen molar-refractivity contribution in [1.82, 2.24) is 14.7 Å². The summed E-state index contributed by atoms with van der Waals surface area (Å²) < 4.78 is 17.0. The average Bonchev–Trinajstić information content (AvgIpc) is 3.13. The van der Waals surface area contributed by atoms with E-state index in [0.29, 0.717) is 23.5 Å². The Kier molecular flexibility index (Phi) is 15.0. The van der Waals surface area contributed by atoms with E-state index in [9.17, 15) is 28.8 Å². The summed E-state index contributed by atoms with van der Waals surface area (Å²) in [5.41, 5.74) is 2.44. The van der Waals surface area contributed by atoms with Gasteiger partial charge in [0.15, 0.2) is 0 Å². The zero-order chi connectivity index (χ0) is 37.2. The molecule has 0 aliphatic rings. The van der Waals surface area contributed by atoms with Crippen LogP contribution in [-0.4, -0.2) is 92.2 Å². The van der Waals surface area contributed by atoms with Gasteiger partial charge in [-0.2, -0.15) is 15.0 Å². The summed E-state index contributed by atoms with van der Waals surface area (Å²) in [5, 5.41) is 0. The fraction of sp³-hybridized carbons (Fsp3) is 0.333. The molecule has 0 saturated carbocycles. The third kappa shape index (κ3) is 12.5. The Morgan fingerprint density at radius 1 is 0.529 bits per heavy atom. The first-order valence-corrected chi connectivity index (χ1v) is 15.7. The van der Waals surface area contributed by atoms with Crippen LogP contribution in [0.1, 0.15) is 30.0 Å². The van der Waals surface area contributed by atoms with Gasteiger partial charge < -0.3 is 28.9 Å². The highest BCUT2D eigenvalue weighted by Crippen LogP contribution is 2.26. The van der Waals surface area contributed by atoms with Crippen LogP contribution in [0.3, 0.4) is 0 Å². The number of aliphatic imine (C=N–C) groups is 3. The second-order valence-corrected chi connectivity index (χ2v) is 11.7. The molecular weight excluding hydrogens is 660 g/mol. The van der Waals surface area contributed by atoms with Crippen molar-refractivity contribution in [3.8, 4) is 0 Å². The fourth-order valence-electron chi connectivity index (χ4n) is 4.61. The molecule has 0 saturated heterocycles. The number of hydrogen-bond donors (Lipinski definition) is 0. The van der Waals surface area contributed by atoms with E-state index in [0.717, 1.165) is 16.7 Å². The van der Waals surface area contributed by atoms with E-state index >= 15 is 0 Å². The van der Waals surface area contributed by atoms with Gasteiger partial charge in [0.05, 0.1) is 22.5 Å². The first-order valence-electron chi connectivity index (χ1n) is 15.7. The van der Waals surface area contributed by atoms with Crippen molar-refractivity contribution in [1.29, 1.82) is 0 Å². The van der Waals surface area contributed by atoms with Gasteiger partial charge in [0.25, 0.3) is 0 Å². The Balaban J connectivity index is 1.69. The molecule has 3 rings (SSSR count). The lowest BCUT2D eigenvalue weighted by Crippen LogP contribution is -2.42. The van der Waals surface area contributed by atoms with E-state index in [1.807, 2.05) is 0 Å². The summed E-state index contributed by atoms with van der Waals surface area (Å²) in [5.74, 6) is 0. The standard InChI is InChI=1S/C36H38N6O9/c1-5-36(21-49-33(46)40(2)18-27-6-12-30(13-7-27)37-24-43,22-50-34(47)41(3)19-28-8-14-31(15-9-28)38-25-44)23-51-35(48)42(4)20-29-10-16-32(17-11-29)39-26-45/h6-17H,5,18-23H2,1-4H3. The maximum absolute atomic E-state index is 13.1. The average molecular weight is 699 g/mol. The maximum atomic E-state index is 13.1. The number of carbonyl (C=O) groups excluding carboxylic acids is 6. The second kappa shape index (κ2) is 19.6. The molecule has 266 valence electrons. The normalized spacial score (nSPS) is 11.3. The molecule has 0 atom stereocenters. The first-order chi connectivity index (χ1) is 24.5. The Morgan fingerprint density at radius 3 is 1.00 bits per heavy atom. The van der Waals surface area contributed by atoms with Crippen molar-refractivity contribution in [2.45, 2.75) is 33.0 Å². The van der Waals surface area contributed by atoms with E-state index < -0.39 is 23.7 Å². The van der Waals surface area contributed by atoms with E-state index in [2.05, 4.69) is 15.0 Å². The van der Waals surface area contributed by atoms with Crippen molar-refractivity contribution in [3.63, 3.8) is 0 Å². The summed E-state index contributed by atoms with van der Waals surface area (Å²) in [7, 11) is 4.65. The molecule has 0 radical (unpaired) electrons. The Morgan fingerprint density at radius 2 is 0.784 bits per heavy atom. The van der Waals surface area contributed by atoms with Gasteiger partial charge >= 0.3 is 18.3 Å². The van der Waals surface area contributed by atoms with Gasteiger partial charge in [-0.3, -0.25) is 0 Å². The molecule has 0 unspecified atom stereocenters. The van der Waals surface area contributed by atoms with Gasteiger partial charge in [0, 0.05) is 40.8 Å². The highest BCUT2D eigenvalue weighted by molar-refractivity contribution is 5.69.